The molecule has 0 radical (unpaired) electrons. The molecule has 0 spiro atoms. The quantitative estimate of drug-likeness (QED) is 0.457. The molecule has 0 aromatic carbocycles. The van der Waals surface area contributed by atoms with Crippen LogP contribution >= 0.6 is 11.8 Å². The predicted molar refractivity (Wildman–Crippen MR) is 113 cm³/mol. The molecule has 1 atom stereocenters. The summed E-state index contributed by atoms with van der Waals surface area (Å²) < 4.78 is 11.1. The zero-order valence-electron chi connectivity index (χ0n) is 16.6. The van der Waals surface area contributed by atoms with Gasteiger partial charge in [0.25, 0.3) is 0 Å². The third-order valence-electron chi connectivity index (χ3n) is 4.61. The Morgan fingerprint density at radius 1 is 1.48 bits per heavy atom. The van der Waals surface area contributed by atoms with Crippen molar-refractivity contribution in [3.8, 4) is 0 Å². The molecule has 1 N–H and O–H groups in total. The predicted octanol–water partition coefficient (Wildman–Crippen LogP) is 3.27. The summed E-state index contributed by atoms with van der Waals surface area (Å²) in [5, 5.41) is 2.97. The number of nitrogens with zero attached hydrogens (tertiary/aromatic N) is 1. The lowest BCUT2D eigenvalue weighted by Gasteiger charge is -2.26. The van der Waals surface area contributed by atoms with E-state index < -0.39 is 0 Å². The van der Waals surface area contributed by atoms with Gasteiger partial charge >= 0.3 is 0 Å². The molecule has 0 aliphatic carbocycles. The molecule has 1 saturated heterocycles. The van der Waals surface area contributed by atoms with Crippen molar-refractivity contribution in [1.82, 2.24) is 10.2 Å². The normalized spacial score (nSPS) is 23.9. The number of morpholine rings is 1. The highest BCUT2D eigenvalue weighted by Crippen LogP contribution is 2.46. The van der Waals surface area contributed by atoms with E-state index in [1.165, 1.54) is 0 Å². The van der Waals surface area contributed by atoms with E-state index in [4.69, 9.17) is 9.47 Å². The minimum absolute atomic E-state index is 0.0971. The minimum Gasteiger partial charge on any atom is -0.496 e. The van der Waals surface area contributed by atoms with Gasteiger partial charge in [0, 0.05) is 37.5 Å². The zero-order chi connectivity index (χ0) is 19.7. The van der Waals surface area contributed by atoms with Crippen LogP contribution in [0.5, 0.6) is 0 Å². The van der Waals surface area contributed by atoms with Gasteiger partial charge in [-0.1, -0.05) is 30.9 Å². The maximum atomic E-state index is 12.0. The number of carbonyl (C=O) groups is 1. The van der Waals surface area contributed by atoms with Gasteiger partial charge in [-0.2, -0.15) is 0 Å². The Kier molecular flexibility index (Phi) is 8.67. The second-order valence-electron chi connectivity index (χ2n) is 7.03. The average Bonchev–Trinajstić information content (AvgIpc) is 2.93. The van der Waals surface area contributed by atoms with Crippen molar-refractivity contribution in [3.63, 3.8) is 0 Å². The molecule has 0 aromatic rings. The number of thioether (sulfide) groups is 1. The maximum Gasteiger partial charge on any atom is 0.221 e. The third kappa shape index (κ3) is 7.20. The fraction of sp³-hybridized carbons (Fsp3) is 0.571. The highest BCUT2D eigenvalue weighted by atomic mass is 32.2. The van der Waals surface area contributed by atoms with Gasteiger partial charge in [0.15, 0.2) is 0 Å². The van der Waals surface area contributed by atoms with E-state index >= 15 is 0 Å². The van der Waals surface area contributed by atoms with Gasteiger partial charge in [-0.3, -0.25) is 9.69 Å². The monoisotopic (exact) mass is 392 g/mol. The van der Waals surface area contributed by atoms with Crippen LogP contribution in [0.1, 0.15) is 26.7 Å². The number of allylic oxidation sites excluding steroid dienone is 3. The van der Waals surface area contributed by atoms with Gasteiger partial charge in [0.05, 0.1) is 24.6 Å². The molecular weight excluding hydrogens is 360 g/mol. The Balaban J connectivity index is 1.65. The molecule has 27 heavy (non-hydrogen) atoms. The zero-order valence-corrected chi connectivity index (χ0v) is 17.4. The molecule has 150 valence electrons. The van der Waals surface area contributed by atoms with Crippen molar-refractivity contribution in [3.05, 3.63) is 47.6 Å². The molecule has 0 bridgehead atoms. The molecule has 6 heteroatoms. The lowest BCUT2D eigenvalue weighted by atomic mass is 10.0. The first kappa shape index (κ1) is 21.8. The van der Waals surface area contributed by atoms with Crippen molar-refractivity contribution in [1.29, 1.82) is 0 Å². The van der Waals surface area contributed by atoms with E-state index in [-0.39, 0.29) is 10.7 Å². The summed E-state index contributed by atoms with van der Waals surface area (Å²) in [6.45, 7) is 17.4. The number of rotatable bonds is 10. The van der Waals surface area contributed by atoms with Crippen molar-refractivity contribution in [2.24, 2.45) is 0 Å². The number of ether oxygens (including phenoxy) is 2. The molecule has 2 aliphatic rings. The molecule has 0 saturated carbocycles. The molecule has 2 aliphatic heterocycles. The van der Waals surface area contributed by atoms with Crippen LogP contribution in [-0.2, 0) is 14.3 Å². The molecule has 2 heterocycles. The van der Waals surface area contributed by atoms with Crippen LogP contribution in [0.15, 0.2) is 47.6 Å². The second kappa shape index (κ2) is 10.7. The summed E-state index contributed by atoms with van der Waals surface area (Å²) in [5.41, 5.74) is 1.11. The van der Waals surface area contributed by atoms with Crippen LogP contribution in [0.2, 0.25) is 0 Å². The van der Waals surface area contributed by atoms with Crippen LogP contribution < -0.4 is 5.32 Å². The highest BCUT2D eigenvalue weighted by molar-refractivity contribution is 8.05. The topological polar surface area (TPSA) is 50.8 Å². The first-order valence-electron chi connectivity index (χ1n) is 9.54. The minimum atomic E-state index is -0.239. The first-order chi connectivity index (χ1) is 12.9. The van der Waals surface area contributed by atoms with Gasteiger partial charge < -0.3 is 14.8 Å². The van der Waals surface area contributed by atoms with E-state index in [2.05, 4.69) is 36.4 Å². The Labute approximate surface area is 167 Å². The lowest BCUT2D eigenvalue weighted by molar-refractivity contribution is -0.121. The standard InChI is InChI=1S/C21H32N2O3S/c1-5-17(2)16-21(4)19(15-18(3)27-21)26-12-6-8-22-20(24)7-9-23-10-13-25-14-11-23/h5,15-16H,1,3,6-14H2,2,4H3,(H,22,24)/b17-16+. The van der Waals surface area contributed by atoms with Gasteiger partial charge in [-0.25, -0.2) is 0 Å². The van der Waals surface area contributed by atoms with Gasteiger partial charge in [-0.15, -0.1) is 11.8 Å². The second-order valence-corrected chi connectivity index (χ2v) is 8.61. The van der Waals surface area contributed by atoms with Crippen LogP contribution in [0.25, 0.3) is 0 Å². The van der Waals surface area contributed by atoms with Crippen molar-refractivity contribution >= 4 is 17.7 Å². The summed E-state index contributed by atoms with van der Waals surface area (Å²) in [7, 11) is 0. The van der Waals surface area contributed by atoms with E-state index in [0.717, 1.165) is 55.5 Å². The van der Waals surface area contributed by atoms with E-state index in [1.807, 2.05) is 19.1 Å². The summed E-state index contributed by atoms with van der Waals surface area (Å²) in [6.07, 6.45) is 7.31. The van der Waals surface area contributed by atoms with E-state index in [1.54, 1.807) is 11.8 Å². The molecule has 1 amide bonds. The first-order valence-corrected chi connectivity index (χ1v) is 10.4. The van der Waals surface area contributed by atoms with Crippen LogP contribution in [0.3, 0.4) is 0 Å². The Morgan fingerprint density at radius 3 is 2.93 bits per heavy atom. The fourth-order valence-electron chi connectivity index (χ4n) is 3.08. The summed E-state index contributed by atoms with van der Waals surface area (Å²) in [5.74, 6) is 1.01. The molecular formula is C21H32N2O3S. The summed E-state index contributed by atoms with van der Waals surface area (Å²) >= 11 is 1.69. The molecule has 2 rings (SSSR count). The fourth-order valence-corrected chi connectivity index (χ4v) is 4.25. The van der Waals surface area contributed by atoms with E-state index in [0.29, 0.717) is 19.6 Å². The van der Waals surface area contributed by atoms with Crippen molar-refractivity contribution in [2.45, 2.75) is 31.4 Å². The molecule has 1 fully saturated rings. The van der Waals surface area contributed by atoms with Crippen molar-refractivity contribution < 1.29 is 14.3 Å². The third-order valence-corrected chi connectivity index (χ3v) is 5.73. The molecule has 1 unspecified atom stereocenters. The van der Waals surface area contributed by atoms with Crippen LogP contribution in [0.4, 0.5) is 0 Å². The number of amides is 1. The Morgan fingerprint density at radius 2 is 2.22 bits per heavy atom. The average molecular weight is 393 g/mol. The summed E-state index contributed by atoms with van der Waals surface area (Å²) in [4.78, 5) is 15.2. The summed E-state index contributed by atoms with van der Waals surface area (Å²) in [6, 6.07) is 0. The van der Waals surface area contributed by atoms with E-state index in [9.17, 15) is 4.79 Å². The SMILES string of the molecule is C=C/C(C)=C/C1(C)SC(=C)C=C1OCCCNC(=O)CCN1CCOCC1. The smallest absolute Gasteiger partial charge is 0.221 e. The van der Waals surface area contributed by atoms with Gasteiger partial charge in [-0.05, 0) is 26.3 Å². The molecule has 0 aromatic heterocycles. The largest absolute Gasteiger partial charge is 0.496 e. The Hall–Kier alpha value is -1.50. The molecule has 5 nitrogen and oxygen atoms in total. The van der Waals surface area contributed by atoms with Crippen LogP contribution in [-0.4, -0.2) is 61.6 Å². The number of hydrogen-bond acceptors (Lipinski definition) is 5. The number of carbonyl (C=O) groups excluding carboxylic acids is 1. The lowest BCUT2D eigenvalue weighted by Crippen LogP contribution is -2.39. The maximum absolute atomic E-state index is 12.0. The van der Waals surface area contributed by atoms with Crippen molar-refractivity contribution in [2.75, 3.05) is 46.0 Å². The van der Waals surface area contributed by atoms with Gasteiger partial charge in [0.2, 0.25) is 5.91 Å². The number of nitrogens with one attached hydrogen (secondary N) is 1. The van der Waals surface area contributed by atoms with Crippen LogP contribution in [0, 0.1) is 0 Å². The number of hydrogen-bond donors (Lipinski definition) is 1. The highest BCUT2D eigenvalue weighted by Gasteiger charge is 2.35. The Bertz CT molecular complexity index is 609. The van der Waals surface area contributed by atoms with Gasteiger partial charge in [0.1, 0.15) is 5.76 Å².